The van der Waals surface area contributed by atoms with Crippen molar-refractivity contribution in [1.29, 1.82) is 0 Å². The third-order valence-electron chi connectivity index (χ3n) is 4.83. The van der Waals surface area contributed by atoms with Gasteiger partial charge in [-0.05, 0) is 29.8 Å². The molecule has 2 aromatic carbocycles. The number of rotatable bonds is 2. The van der Waals surface area contributed by atoms with Gasteiger partial charge in [0.25, 0.3) is 0 Å². The summed E-state index contributed by atoms with van der Waals surface area (Å²) in [7, 11) is 0. The number of hydrogen-bond acceptors (Lipinski definition) is 3. The summed E-state index contributed by atoms with van der Waals surface area (Å²) in [6.07, 6.45) is 3.52. The molecule has 2 aromatic rings. The lowest BCUT2D eigenvalue weighted by Crippen LogP contribution is -2.48. The van der Waals surface area contributed by atoms with Crippen molar-refractivity contribution in [1.82, 2.24) is 10.4 Å². The minimum atomic E-state index is -0.388. The molecule has 1 fully saturated rings. The van der Waals surface area contributed by atoms with E-state index in [1.54, 1.807) is 17.0 Å². The molecule has 0 saturated carbocycles. The highest BCUT2D eigenvalue weighted by Gasteiger charge is 2.39. The molecule has 2 aliphatic rings. The van der Waals surface area contributed by atoms with Crippen LogP contribution in [0, 0.1) is 5.82 Å². The monoisotopic (exact) mass is 353 g/mol. The third kappa shape index (κ3) is 3.41. The normalized spacial score (nSPS) is 18.3. The lowest BCUT2D eigenvalue weighted by atomic mass is 9.90. The van der Waals surface area contributed by atoms with Crippen LogP contribution < -0.4 is 10.8 Å². The SMILES string of the molecule is O=C(Nc1cccc(F)c1)N1CCC2(C=C(c3ccccc3)NO2)CC1. The third-order valence-corrected chi connectivity index (χ3v) is 4.83. The maximum Gasteiger partial charge on any atom is 0.321 e. The van der Waals surface area contributed by atoms with Gasteiger partial charge in [0.1, 0.15) is 11.4 Å². The molecule has 0 atom stereocenters. The van der Waals surface area contributed by atoms with Crippen LogP contribution in [0.1, 0.15) is 18.4 Å². The Labute approximate surface area is 151 Å². The number of likely N-dealkylation sites (tertiary alicyclic amines) is 1. The van der Waals surface area contributed by atoms with Crippen molar-refractivity contribution >= 4 is 17.4 Å². The lowest BCUT2D eigenvalue weighted by molar-refractivity contribution is -0.0634. The van der Waals surface area contributed by atoms with Crippen LogP contribution in [0.5, 0.6) is 0 Å². The molecule has 2 heterocycles. The molecule has 0 radical (unpaired) electrons. The Morgan fingerprint density at radius 2 is 1.88 bits per heavy atom. The van der Waals surface area contributed by atoms with Crippen molar-refractivity contribution in [2.45, 2.75) is 18.4 Å². The Kier molecular flexibility index (Phi) is 4.34. The van der Waals surface area contributed by atoms with Crippen LogP contribution in [0.2, 0.25) is 0 Å². The number of hydrogen-bond donors (Lipinski definition) is 2. The maximum atomic E-state index is 13.2. The molecule has 5 nitrogen and oxygen atoms in total. The molecule has 134 valence electrons. The fourth-order valence-corrected chi connectivity index (χ4v) is 3.34. The number of benzene rings is 2. The van der Waals surface area contributed by atoms with Gasteiger partial charge in [0.2, 0.25) is 0 Å². The van der Waals surface area contributed by atoms with E-state index in [1.807, 2.05) is 30.3 Å². The van der Waals surface area contributed by atoms with E-state index in [2.05, 4.69) is 16.9 Å². The number of nitrogens with one attached hydrogen (secondary N) is 2. The molecule has 0 unspecified atom stereocenters. The summed E-state index contributed by atoms with van der Waals surface area (Å²) >= 11 is 0. The van der Waals surface area contributed by atoms with E-state index in [1.165, 1.54) is 12.1 Å². The lowest BCUT2D eigenvalue weighted by Gasteiger charge is -2.36. The molecule has 1 saturated heterocycles. The van der Waals surface area contributed by atoms with Crippen molar-refractivity contribution < 1.29 is 14.0 Å². The van der Waals surface area contributed by atoms with Crippen LogP contribution in [-0.2, 0) is 4.84 Å². The van der Waals surface area contributed by atoms with Crippen molar-refractivity contribution in [3.8, 4) is 0 Å². The summed E-state index contributed by atoms with van der Waals surface area (Å²) < 4.78 is 13.2. The van der Waals surface area contributed by atoms with Gasteiger partial charge in [-0.15, -0.1) is 0 Å². The molecule has 2 aliphatic heterocycles. The molecule has 0 aliphatic carbocycles. The maximum absolute atomic E-state index is 13.2. The first-order valence-corrected chi connectivity index (χ1v) is 8.67. The molecule has 26 heavy (non-hydrogen) atoms. The summed E-state index contributed by atoms with van der Waals surface area (Å²) in [5, 5.41) is 2.74. The highest BCUT2D eigenvalue weighted by Crippen LogP contribution is 2.34. The summed E-state index contributed by atoms with van der Waals surface area (Å²) in [5.74, 6) is -0.371. The fraction of sp³-hybridized carbons (Fsp3) is 0.250. The number of hydroxylamine groups is 1. The molecule has 4 rings (SSSR count). The molecule has 0 bridgehead atoms. The van der Waals surface area contributed by atoms with Gasteiger partial charge in [0, 0.05) is 31.6 Å². The second-order valence-electron chi connectivity index (χ2n) is 6.62. The van der Waals surface area contributed by atoms with Crippen LogP contribution in [0.4, 0.5) is 14.9 Å². The fourth-order valence-electron chi connectivity index (χ4n) is 3.34. The van der Waals surface area contributed by atoms with Gasteiger partial charge in [-0.2, -0.15) is 0 Å². The van der Waals surface area contributed by atoms with Crippen LogP contribution in [-0.4, -0.2) is 29.6 Å². The number of carbonyl (C=O) groups excluding carboxylic acids is 1. The van der Waals surface area contributed by atoms with Gasteiger partial charge in [-0.1, -0.05) is 36.4 Å². The van der Waals surface area contributed by atoms with Crippen LogP contribution >= 0.6 is 0 Å². The average molecular weight is 353 g/mol. The van der Waals surface area contributed by atoms with Gasteiger partial charge in [0.15, 0.2) is 0 Å². The predicted octanol–water partition coefficient (Wildman–Crippen LogP) is 3.77. The Hall–Kier alpha value is -2.86. The van der Waals surface area contributed by atoms with E-state index in [9.17, 15) is 9.18 Å². The Morgan fingerprint density at radius 1 is 1.12 bits per heavy atom. The number of nitrogens with zero attached hydrogens (tertiary/aromatic N) is 1. The largest absolute Gasteiger partial charge is 0.324 e. The van der Waals surface area contributed by atoms with Gasteiger partial charge in [0.05, 0.1) is 5.70 Å². The van der Waals surface area contributed by atoms with Crippen LogP contribution in [0.15, 0.2) is 60.7 Å². The van der Waals surface area contributed by atoms with E-state index >= 15 is 0 Å². The van der Waals surface area contributed by atoms with Crippen LogP contribution in [0.3, 0.4) is 0 Å². The highest BCUT2D eigenvalue weighted by molar-refractivity contribution is 5.89. The highest BCUT2D eigenvalue weighted by atomic mass is 19.1. The van der Waals surface area contributed by atoms with E-state index in [-0.39, 0.29) is 17.4 Å². The number of urea groups is 1. The quantitative estimate of drug-likeness (QED) is 0.864. The van der Waals surface area contributed by atoms with Gasteiger partial charge < -0.3 is 10.2 Å². The molecule has 2 N–H and O–H groups in total. The summed E-state index contributed by atoms with van der Waals surface area (Å²) in [6.45, 7) is 1.14. The Balaban J connectivity index is 1.38. The first kappa shape index (κ1) is 16.6. The first-order valence-electron chi connectivity index (χ1n) is 8.67. The number of amides is 2. The zero-order valence-corrected chi connectivity index (χ0v) is 14.2. The topological polar surface area (TPSA) is 53.6 Å². The molecule has 0 aromatic heterocycles. The van der Waals surface area contributed by atoms with Crippen molar-refractivity contribution in [2.24, 2.45) is 0 Å². The summed E-state index contributed by atoms with van der Waals surface area (Å²) in [5.41, 5.74) is 5.14. The number of carbonyl (C=O) groups is 1. The summed E-state index contributed by atoms with van der Waals surface area (Å²) in [4.78, 5) is 20.0. The number of anilines is 1. The average Bonchev–Trinajstić information content (AvgIpc) is 3.07. The Bertz CT molecular complexity index is 830. The van der Waals surface area contributed by atoms with Crippen LogP contribution in [0.25, 0.3) is 5.70 Å². The van der Waals surface area contributed by atoms with E-state index in [0.29, 0.717) is 31.6 Å². The predicted molar refractivity (Wildman–Crippen MR) is 97.6 cm³/mol. The van der Waals surface area contributed by atoms with Crippen molar-refractivity contribution in [3.05, 3.63) is 72.1 Å². The standard InChI is InChI=1S/C20H20FN3O2/c21-16-7-4-8-17(13-16)22-19(25)24-11-9-20(10-12-24)14-18(23-26-20)15-5-2-1-3-6-15/h1-8,13-14,23H,9-12H2,(H,22,25). The van der Waals surface area contributed by atoms with Gasteiger partial charge >= 0.3 is 6.03 Å². The van der Waals surface area contributed by atoms with Crippen molar-refractivity contribution in [3.63, 3.8) is 0 Å². The zero-order valence-electron chi connectivity index (χ0n) is 14.2. The molecular formula is C20H20FN3O2. The molecular weight excluding hydrogens is 333 g/mol. The second-order valence-corrected chi connectivity index (χ2v) is 6.62. The molecule has 1 spiro atoms. The van der Waals surface area contributed by atoms with E-state index in [4.69, 9.17) is 4.84 Å². The van der Waals surface area contributed by atoms with Gasteiger partial charge in [-0.25, -0.2) is 9.18 Å². The molecule has 2 amide bonds. The summed E-state index contributed by atoms with van der Waals surface area (Å²) in [6, 6.07) is 15.7. The smallest absolute Gasteiger partial charge is 0.321 e. The zero-order chi connectivity index (χ0) is 18.0. The van der Waals surface area contributed by atoms with Crippen molar-refractivity contribution in [2.75, 3.05) is 18.4 Å². The van der Waals surface area contributed by atoms with E-state index in [0.717, 1.165) is 11.3 Å². The molecule has 6 heteroatoms. The minimum absolute atomic E-state index is 0.219. The first-order chi connectivity index (χ1) is 12.6. The van der Waals surface area contributed by atoms with E-state index < -0.39 is 0 Å². The number of halogens is 1. The second kappa shape index (κ2) is 6.80. The minimum Gasteiger partial charge on any atom is -0.324 e. The van der Waals surface area contributed by atoms with Gasteiger partial charge in [-0.3, -0.25) is 10.3 Å². The number of piperidine rings is 1. The Morgan fingerprint density at radius 3 is 2.62 bits per heavy atom.